The second-order valence-corrected chi connectivity index (χ2v) is 6.29. The Bertz CT molecular complexity index is 622. The molecule has 0 amide bonds. The van der Waals surface area contributed by atoms with Gasteiger partial charge in [0.25, 0.3) is 0 Å². The summed E-state index contributed by atoms with van der Waals surface area (Å²) in [4.78, 5) is 2.42. The lowest BCUT2D eigenvalue weighted by Crippen LogP contribution is -2.19. The number of rotatable bonds is 4. The van der Waals surface area contributed by atoms with Crippen molar-refractivity contribution in [2.24, 2.45) is 0 Å². The van der Waals surface area contributed by atoms with Crippen LogP contribution < -0.4 is 5.32 Å². The summed E-state index contributed by atoms with van der Waals surface area (Å²) in [6.07, 6.45) is 0. The van der Waals surface area contributed by atoms with E-state index < -0.39 is 17.5 Å². The summed E-state index contributed by atoms with van der Waals surface area (Å²) in [5.41, 5.74) is 1.27. The van der Waals surface area contributed by atoms with Crippen molar-refractivity contribution in [3.8, 4) is 0 Å². The highest BCUT2D eigenvalue weighted by molar-refractivity contribution is 7.12. The van der Waals surface area contributed by atoms with Gasteiger partial charge in [-0.1, -0.05) is 0 Å². The molecule has 20 heavy (non-hydrogen) atoms. The molecule has 0 bridgehead atoms. The number of benzene rings is 1. The lowest BCUT2D eigenvalue weighted by molar-refractivity contribution is 0.482. The Labute approximate surface area is 120 Å². The second-order valence-electron chi connectivity index (χ2n) is 4.83. The number of hydrogen-bond donors (Lipinski definition) is 1. The zero-order chi connectivity index (χ0) is 14.9. The van der Waals surface area contributed by atoms with Crippen LogP contribution in [0.3, 0.4) is 0 Å². The lowest BCUT2D eigenvalue weighted by atomic mass is 10.1. The van der Waals surface area contributed by atoms with Gasteiger partial charge in [0.1, 0.15) is 5.82 Å². The first-order valence-corrected chi connectivity index (χ1v) is 7.14. The average Bonchev–Trinajstić information content (AvgIpc) is 2.71. The number of nitrogens with one attached hydrogen (secondary N) is 1. The molecule has 2 rings (SSSR count). The van der Waals surface area contributed by atoms with Gasteiger partial charge in [-0.2, -0.15) is 0 Å². The molecule has 0 fully saturated rings. The first-order valence-electron chi connectivity index (χ1n) is 6.32. The van der Waals surface area contributed by atoms with Crippen molar-refractivity contribution in [3.05, 3.63) is 56.5 Å². The molecule has 0 spiro atoms. The van der Waals surface area contributed by atoms with E-state index in [1.165, 1.54) is 9.75 Å². The van der Waals surface area contributed by atoms with Crippen LogP contribution in [0.4, 0.5) is 13.2 Å². The smallest absolute Gasteiger partial charge is 0.161 e. The Morgan fingerprint density at radius 1 is 1.05 bits per heavy atom. The normalized spacial score (nSPS) is 12.7. The molecule has 0 aliphatic heterocycles. The average molecular weight is 299 g/mol. The van der Waals surface area contributed by atoms with Gasteiger partial charge in [-0.05, 0) is 38.5 Å². The van der Waals surface area contributed by atoms with Crippen LogP contribution in [0.1, 0.15) is 33.8 Å². The Balaban J connectivity index is 2.09. The number of thiophene rings is 1. The van der Waals surface area contributed by atoms with Crippen molar-refractivity contribution < 1.29 is 13.2 Å². The Morgan fingerprint density at radius 3 is 2.30 bits per heavy atom. The minimum atomic E-state index is -1.16. The van der Waals surface area contributed by atoms with E-state index in [1.807, 2.05) is 20.8 Å². The lowest BCUT2D eigenvalue weighted by Gasteiger charge is -2.14. The molecule has 108 valence electrons. The van der Waals surface area contributed by atoms with Crippen LogP contribution in [-0.2, 0) is 6.54 Å². The van der Waals surface area contributed by atoms with E-state index >= 15 is 0 Å². The van der Waals surface area contributed by atoms with Crippen LogP contribution in [0.15, 0.2) is 18.2 Å². The molecule has 1 heterocycles. The van der Waals surface area contributed by atoms with Crippen LogP contribution in [0.5, 0.6) is 0 Å². The van der Waals surface area contributed by atoms with Crippen molar-refractivity contribution in [1.82, 2.24) is 5.32 Å². The molecule has 1 aromatic carbocycles. The van der Waals surface area contributed by atoms with Gasteiger partial charge in [0.2, 0.25) is 0 Å². The summed E-state index contributed by atoms with van der Waals surface area (Å²) < 4.78 is 39.5. The highest BCUT2D eigenvalue weighted by atomic mass is 32.1. The highest BCUT2D eigenvalue weighted by Crippen LogP contribution is 2.26. The van der Waals surface area contributed by atoms with Crippen molar-refractivity contribution in [3.63, 3.8) is 0 Å². The van der Waals surface area contributed by atoms with Crippen LogP contribution in [0, 0.1) is 31.3 Å². The molecular formula is C15H16F3NS. The van der Waals surface area contributed by atoms with Gasteiger partial charge in [-0.3, -0.25) is 0 Å². The number of halogens is 3. The van der Waals surface area contributed by atoms with E-state index in [-0.39, 0.29) is 18.2 Å². The van der Waals surface area contributed by atoms with Crippen molar-refractivity contribution in [2.75, 3.05) is 0 Å². The molecule has 1 nitrogen and oxygen atoms in total. The third-order valence-corrected chi connectivity index (χ3v) is 4.22. The molecule has 2 aromatic rings. The molecule has 0 saturated carbocycles. The van der Waals surface area contributed by atoms with E-state index in [2.05, 4.69) is 11.4 Å². The van der Waals surface area contributed by atoms with Gasteiger partial charge in [0.05, 0.1) is 0 Å². The summed E-state index contributed by atoms with van der Waals surface area (Å²) in [5, 5.41) is 3.13. The van der Waals surface area contributed by atoms with Crippen LogP contribution in [-0.4, -0.2) is 0 Å². The van der Waals surface area contributed by atoms with E-state index in [4.69, 9.17) is 0 Å². The van der Waals surface area contributed by atoms with Gasteiger partial charge < -0.3 is 5.32 Å². The maximum atomic E-state index is 13.5. The molecule has 0 saturated heterocycles. The monoisotopic (exact) mass is 299 g/mol. The maximum Gasteiger partial charge on any atom is 0.161 e. The summed E-state index contributed by atoms with van der Waals surface area (Å²) in [6, 6.07) is 3.58. The van der Waals surface area contributed by atoms with Crippen molar-refractivity contribution in [2.45, 2.75) is 33.4 Å². The quantitative estimate of drug-likeness (QED) is 0.811. The zero-order valence-electron chi connectivity index (χ0n) is 11.6. The predicted octanol–water partition coefficient (Wildman–Crippen LogP) is 4.63. The van der Waals surface area contributed by atoms with Crippen LogP contribution in [0.25, 0.3) is 0 Å². The summed E-state index contributed by atoms with van der Waals surface area (Å²) >= 11 is 1.70. The van der Waals surface area contributed by atoms with E-state index in [0.717, 1.165) is 11.6 Å². The van der Waals surface area contributed by atoms with E-state index in [1.54, 1.807) is 11.3 Å². The maximum absolute atomic E-state index is 13.5. The summed E-state index contributed by atoms with van der Waals surface area (Å²) in [6.45, 7) is 6.18. The second kappa shape index (κ2) is 5.97. The molecular weight excluding hydrogens is 283 g/mol. The topological polar surface area (TPSA) is 12.0 Å². The zero-order valence-corrected chi connectivity index (χ0v) is 12.4. The molecule has 0 aliphatic carbocycles. The molecule has 0 radical (unpaired) electrons. The van der Waals surface area contributed by atoms with Gasteiger partial charge >= 0.3 is 0 Å². The van der Waals surface area contributed by atoms with Gasteiger partial charge in [-0.15, -0.1) is 11.3 Å². The van der Waals surface area contributed by atoms with Crippen molar-refractivity contribution in [1.29, 1.82) is 0 Å². The fourth-order valence-electron chi connectivity index (χ4n) is 2.15. The first kappa shape index (κ1) is 15.1. The first-order chi connectivity index (χ1) is 9.38. The predicted molar refractivity (Wildman–Crippen MR) is 75.4 cm³/mol. The fourth-order valence-corrected chi connectivity index (χ4v) is 3.18. The fraction of sp³-hybridized carbons (Fsp3) is 0.333. The third kappa shape index (κ3) is 3.22. The van der Waals surface area contributed by atoms with Crippen molar-refractivity contribution >= 4 is 11.3 Å². The molecule has 1 N–H and O–H groups in total. The van der Waals surface area contributed by atoms with E-state index in [9.17, 15) is 13.2 Å². The minimum absolute atomic E-state index is 0.0208. The molecule has 1 unspecified atom stereocenters. The summed E-state index contributed by atoms with van der Waals surface area (Å²) in [5.74, 6) is -2.93. The Hall–Kier alpha value is -1.33. The highest BCUT2D eigenvalue weighted by Gasteiger charge is 2.13. The number of hydrogen-bond acceptors (Lipinski definition) is 2. The standard InChI is InChI=1S/C15H16F3NS/c1-8-4-12(10(3)20-8)9(2)19-7-11-5-14(17)15(18)6-13(11)16/h4-6,9,19H,7H2,1-3H3. The SMILES string of the molecule is Cc1cc(C(C)NCc2cc(F)c(F)cc2F)c(C)s1. The molecule has 0 aliphatic rings. The van der Waals surface area contributed by atoms with Gasteiger partial charge in [0.15, 0.2) is 11.6 Å². The Kier molecular flexibility index (Phi) is 4.50. The molecule has 1 aromatic heterocycles. The largest absolute Gasteiger partial charge is 0.306 e. The Morgan fingerprint density at radius 2 is 1.70 bits per heavy atom. The minimum Gasteiger partial charge on any atom is -0.306 e. The summed E-state index contributed by atoms with van der Waals surface area (Å²) in [7, 11) is 0. The van der Waals surface area contributed by atoms with Gasteiger partial charge in [-0.25, -0.2) is 13.2 Å². The molecule has 1 atom stereocenters. The van der Waals surface area contributed by atoms with Crippen LogP contribution >= 0.6 is 11.3 Å². The third-order valence-electron chi connectivity index (χ3n) is 3.23. The van der Waals surface area contributed by atoms with Gasteiger partial charge in [0, 0.05) is 34.0 Å². The van der Waals surface area contributed by atoms with E-state index in [0.29, 0.717) is 6.07 Å². The van der Waals surface area contributed by atoms with Crippen LogP contribution in [0.2, 0.25) is 0 Å². The number of aryl methyl sites for hydroxylation is 2. The molecule has 5 heteroatoms.